The minimum Gasteiger partial charge on any atom is -0.409 e. The summed E-state index contributed by atoms with van der Waals surface area (Å²) in [5.74, 6) is -0.0435. The monoisotopic (exact) mass is 291 g/mol. The SMILES string of the molecule is NC(=NO)C1CCCCN1S(=O)(=O)CC1CCCO1. The number of sulfonamides is 1. The predicted octanol–water partition coefficient (Wildman–Crippen LogP) is 0.0961. The fraction of sp³-hybridized carbons (Fsp3) is 0.909. The summed E-state index contributed by atoms with van der Waals surface area (Å²) in [6.45, 7) is 1.06. The van der Waals surface area contributed by atoms with E-state index in [0.29, 0.717) is 19.6 Å². The van der Waals surface area contributed by atoms with Gasteiger partial charge in [0.05, 0.1) is 17.9 Å². The van der Waals surface area contributed by atoms with Crippen LogP contribution in [-0.4, -0.2) is 54.8 Å². The maximum atomic E-state index is 12.4. The summed E-state index contributed by atoms with van der Waals surface area (Å²) in [5, 5.41) is 11.7. The molecular weight excluding hydrogens is 270 g/mol. The van der Waals surface area contributed by atoms with Crippen LogP contribution in [0.2, 0.25) is 0 Å². The van der Waals surface area contributed by atoms with Crippen molar-refractivity contribution in [3.05, 3.63) is 0 Å². The van der Waals surface area contributed by atoms with Gasteiger partial charge in [-0.25, -0.2) is 8.42 Å². The third-order valence-corrected chi connectivity index (χ3v) is 5.63. The first kappa shape index (κ1) is 14.5. The van der Waals surface area contributed by atoms with Crippen molar-refractivity contribution in [2.24, 2.45) is 10.9 Å². The first-order chi connectivity index (χ1) is 9.04. The molecule has 2 aliphatic rings. The second kappa shape index (κ2) is 6.06. The smallest absolute Gasteiger partial charge is 0.217 e. The molecule has 7 nitrogen and oxygen atoms in total. The quantitative estimate of drug-likeness (QED) is 0.331. The van der Waals surface area contributed by atoms with Crippen molar-refractivity contribution in [1.82, 2.24) is 4.31 Å². The van der Waals surface area contributed by atoms with E-state index in [9.17, 15) is 8.42 Å². The van der Waals surface area contributed by atoms with Crippen LogP contribution in [0.3, 0.4) is 0 Å². The topological polar surface area (TPSA) is 105 Å². The molecule has 110 valence electrons. The third-order valence-electron chi connectivity index (χ3n) is 3.69. The Morgan fingerprint density at radius 1 is 1.37 bits per heavy atom. The standard InChI is InChI=1S/C11H21N3O4S/c12-11(13-15)10-5-1-2-6-14(10)19(16,17)8-9-4-3-7-18-9/h9-10,15H,1-8H2,(H2,12,13). The average molecular weight is 291 g/mol. The number of oxime groups is 1. The molecule has 0 amide bonds. The van der Waals surface area contributed by atoms with E-state index in [-0.39, 0.29) is 17.7 Å². The van der Waals surface area contributed by atoms with Crippen LogP contribution in [0.15, 0.2) is 5.16 Å². The van der Waals surface area contributed by atoms with Gasteiger partial charge in [-0.1, -0.05) is 11.6 Å². The molecule has 0 aromatic rings. The number of piperidine rings is 1. The Balaban J connectivity index is 2.11. The maximum Gasteiger partial charge on any atom is 0.217 e. The Kier molecular flexibility index (Phi) is 4.64. The molecule has 2 unspecified atom stereocenters. The van der Waals surface area contributed by atoms with Gasteiger partial charge in [-0.15, -0.1) is 0 Å². The van der Waals surface area contributed by atoms with Gasteiger partial charge in [0.2, 0.25) is 10.0 Å². The molecule has 0 spiro atoms. The molecule has 0 saturated carbocycles. The van der Waals surface area contributed by atoms with Crippen LogP contribution in [0.5, 0.6) is 0 Å². The number of amidine groups is 1. The van der Waals surface area contributed by atoms with Crippen molar-refractivity contribution < 1.29 is 18.4 Å². The van der Waals surface area contributed by atoms with Crippen molar-refractivity contribution in [1.29, 1.82) is 0 Å². The van der Waals surface area contributed by atoms with Gasteiger partial charge in [0, 0.05) is 13.2 Å². The number of hydrogen-bond acceptors (Lipinski definition) is 5. The van der Waals surface area contributed by atoms with Crippen molar-refractivity contribution >= 4 is 15.9 Å². The van der Waals surface area contributed by atoms with E-state index >= 15 is 0 Å². The number of nitrogens with zero attached hydrogens (tertiary/aromatic N) is 2. The molecule has 0 aromatic carbocycles. The summed E-state index contributed by atoms with van der Waals surface area (Å²) in [6, 6.07) is -0.523. The summed E-state index contributed by atoms with van der Waals surface area (Å²) in [6.07, 6.45) is 3.75. The molecule has 2 heterocycles. The fourth-order valence-corrected chi connectivity index (χ4v) is 4.64. The van der Waals surface area contributed by atoms with Crippen LogP contribution < -0.4 is 5.73 Å². The molecule has 0 aliphatic carbocycles. The zero-order chi connectivity index (χ0) is 13.9. The zero-order valence-corrected chi connectivity index (χ0v) is 11.7. The van der Waals surface area contributed by atoms with E-state index in [1.165, 1.54) is 4.31 Å². The summed E-state index contributed by atoms with van der Waals surface area (Å²) in [5.41, 5.74) is 5.61. The summed E-state index contributed by atoms with van der Waals surface area (Å²) < 4.78 is 31.6. The lowest BCUT2D eigenvalue weighted by Crippen LogP contribution is -2.52. The number of hydrogen-bond donors (Lipinski definition) is 2. The Morgan fingerprint density at radius 2 is 2.16 bits per heavy atom. The van der Waals surface area contributed by atoms with E-state index in [1.807, 2.05) is 0 Å². The molecule has 0 radical (unpaired) electrons. The number of ether oxygens (including phenoxy) is 1. The lowest BCUT2D eigenvalue weighted by atomic mass is 10.0. The Bertz CT molecular complexity index is 431. The summed E-state index contributed by atoms with van der Waals surface area (Å²) in [7, 11) is -3.43. The van der Waals surface area contributed by atoms with Crippen molar-refractivity contribution in [3.8, 4) is 0 Å². The third kappa shape index (κ3) is 3.37. The minimum atomic E-state index is -3.43. The Hall–Kier alpha value is -0.860. The first-order valence-corrected chi connectivity index (χ1v) is 8.24. The normalized spacial score (nSPS) is 30.6. The van der Waals surface area contributed by atoms with Gasteiger partial charge in [-0.3, -0.25) is 0 Å². The molecule has 3 N–H and O–H groups in total. The van der Waals surface area contributed by atoms with E-state index in [1.54, 1.807) is 0 Å². The molecule has 2 aliphatic heterocycles. The van der Waals surface area contributed by atoms with Gasteiger partial charge < -0.3 is 15.7 Å². The Morgan fingerprint density at radius 3 is 2.79 bits per heavy atom. The second-order valence-corrected chi connectivity index (χ2v) is 7.03. The first-order valence-electron chi connectivity index (χ1n) is 6.63. The largest absolute Gasteiger partial charge is 0.409 e. The lowest BCUT2D eigenvalue weighted by Gasteiger charge is -2.34. The van der Waals surface area contributed by atoms with E-state index in [0.717, 1.165) is 25.7 Å². The summed E-state index contributed by atoms with van der Waals surface area (Å²) >= 11 is 0. The highest BCUT2D eigenvalue weighted by molar-refractivity contribution is 7.89. The van der Waals surface area contributed by atoms with Crippen LogP contribution in [0.4, 0.5) is 0 Å². The van der Waals surface area contributed by atoms with Gasteiger partial charge in [-0.05, 0) is 25.7 Å². The van der Waals surface area contributed by atoms with Crippen LogP contribution in [0.25, 0.3) is 0 Å². The summed E-state index contributed by atoms with van der Waals surface area (Å²) in [4.78, 5) is 0. The van der Waals surface area contributed by atoms with Crippen LogP contribution >= 0.6 is 0 Å². The van der Waals surface area contributed by atoms with Crippen LogP contribution in [-0.2, 0) is 14.8 Å². The van der Waals surface area contributed by atoms with Gasteiger partial charge >= 0.3 is 0 Å². The van der Waals surface area contributed by atoms with Crippen molar-refractivity contribution in [3.63, 3.8) is 0 Å². The van der Waals surface area contributed by atoms with E-state index < -0.39 is 16.1 Å². The molecule has 2 fully saturated rings. The number of rotatable bonds is 4. The lowest BCUT2D eigenvalue weighted by molar-refractivity contribution is 0.126. The predicted molar refractivity (Wildman–Crippen MR) is 70.5 cm³/mol. The van der Waals surface area contributed by atoms with Crippen molar-refractivity contribution in [2.45, 2.75) is 44.2 Å². The molecule has 2 atom stereocenters. The fourth-order valence-electron chi connectivity index (χ4n) is 2.71. The molecule has 2 rings (SSSR count). The van der Waals surface area contributed by atoms with Gasteiger partial charge in [0.25, 0.3) is 0 Å². The van der Waals surface area contributed by atoms with Gasteiger partial charge in [-0.2, -0.15) is 4.31 Å². The second-order valence-electron chi connectivity index (χ2n) is 5.06. The maximum absolute atomic E-state index is 12.4. The Labute approximate surface area is 113 Å². The minimum absolute atomic E-state index is 0.0117. The number of nitrogens with two attached hydrogens (primary N) is 1. The molecule has 0 bridgehead atoms. The highest BCUT2D eigenvalue weighted by atomic mass is 32.2. The van der Waals surface area contributed by atoms with Gasteiger partial charge in [0.15, 0.2) is 5.84 Å². The van der Waals surface area contributed by atoms with E-state index in [4.69, 9.17) is 15.7 Å². The molecule has 19 heavy (non-hydrogen) atoms. The molecule has 8 heteroatoms. The van der Waals surface area contributed by atoms with Crippen LogP contribution in [0.1, 0.15) is 32.1 Å². The van der Waals surface area contributed by atoms with E-state index in [2.05, 4.69) is 5.16 Å². The molecular formula is C11H21N3O4S. The highest BCUT2D eigenvalue weighted by Gasteiger charge is 2.36. The highest BCUT2D eigenvalue weighted by Crippen LogP contribution is 2.23. The average Bonchev–Trinajstić information content (AvgIpc) is 2.90. The van der Waals surface area contributed by atoms with Gasteiger partial charge in [0.1, 0.15) is 0 Å². The molecule has 0 aromatic heterocycles. The zero-order valence-electron chi connectivity index (χ0n) is 10.9. The van der Waals surface area contributed by atoms with Crippen molar-refractivity contribution in [2.75, 3.05) is 18.9 Å². The van der Waals surface area contributed by atoms with Crippen LogP contribution in [0, 0.1) is 0 Å². The molecule has 2 saturated heterocycles.